The van der Waals surface area contributed by atoms with Crippen LogP contribution < -0.4 is 0 Å². The Morgan fingerprint density at radius 2 is 1.85 bits per heavy atom. The highest BCUT2D eigenvalue weighted by Crippen LogP contribution is 2.25. The largest absolute Gasteiger partial charge is 0.338 e. The number of rotatable bonds is 3. The molecule has 7 nitrogen and oxygen atoms in total. The van der Waals surface area contributed by atoms with Crippen molar-refractivity contribution < 1.29 is 18.0 Å². The van der Waals surface area contributed by atoms with Gasteiger partial charge in [-0.25, -0.2) is 8.42 Å². The summed E-state index contributed by atoms with van der Waals surface area (Å²) in [7, 11) is -2.90. The number of piperazine rings is 1. The number of fused-ring (bicyclic) bond motifs is 1. The number of benzene rings is 1. The molecule has 0 saturated carbocycles. The van der Waals surface area contributed by atoms with Gasteiger partial charge in [-0.2, -0.15) is 0 Å². The average Bonchev–Trinajstić information content (AvgIpc) is 3.20. The Kier molecular flexibility index (Phi) is 4.71. The topological polar surface area (TPSA) is 78.0 Å². The van der Waals surface area contributed by atoms with Crippen molar-refractivity contribution in [2.75, 3.05) is 37.7 Å². The van der Waals surface area contributed by atoms with E-state index in [0.717, 1.165) is 5.56 Å². The Bertz CT molecular complexity index is 861. The summed E-state index contributed by atoms with van der Waals surface area (Å²) in [6.45, 7) is 4.80. The Morgan fingerprint density at radius 1 is 1.15 bits per heavy atom. The Labute approximate surface area is 159 Å². The number of carbonyl (C=O) groups is 2. The molecule has 0 spiro atoms. The van der Waals surface area contributed by atoms with E-state index in [1.165, 1.54) is 0 Å². The van der Waals surface area contributed by atoms with Crippen LogP contribution in [0.15, 0.2) is 24.3 Å². The molecule has 0 aromatic heterocycles. The van der Waals surface area contributed by atoms with Gasteiger partial charge in [-0.3, -0.25) is 14.5 Å². The van der Waals surface area contributed by atoms with Gasteiger partial charge < -0.3 is 9.80 Å². The summed E-state index contributed by atoms with van der Waals surface area (Å²) < 4.78 is 23.4. The van der Waals surface area contributed by atoms with Crippen LogP contribution in [0.2, 0.25) is 0 Å². The minimum Gasteiger partial charge on any atom is -0.338 e. The number of carbonyl (C=O) groups excluding carboxylic acids is 2. The average molecular weight is 391 g/mol. The molecule has 0 bridgehead atoms. The highest BCUT2D eigenvalue weighted by atomic mass is 32.2. The molecule has 2 fully saturated rings. The number of hydrogen-bond donors (Lipinski definition) is 0. The van der Waals surface area contributed by atoms with Crippen molar-refractivity contribution >= 4 is 21.7 Å². The fraction of sp³-hybridized carbons (Fsp3) is 0.579. The highest BCUT2D eigenvalue weighted by Gasteiger charge is 2.38. The monoisotopic (exact) mass is 391 g/mol. The first-order valence-corrected chi connectivity index (χ1v) is 11.3. The maximum Gasteiger partial charge on any atom is 0.255 e. The van der Waals surface area contributed by atoms with Gasteiger partial charge in [0.15, 0.2) is 9.84 Å². The van der Waals surface area contributed by atoms with Gasteiger partial charge in [-0.1, -0.05) is 18.2 Å². The SMILES string of the molecule is C[C@@H](C(=O)N1CCN([C@H]2CCS(=O)(=O)C2)CC1)N1Cc2ccccc2C1=O. The highest BCUT2D eigenvalue weighted by molar-refractivity contribution is 7.91. The second-order valence-electron chi connectivity index (χ2n) is 7.68. The molecule has 1 aromatic rings. The van der Waals surface area contributed by atoms with Gasteiger partial charge in [0.2, 0.25) is 5.91 Å². The normalized spacial score (nSPS) is 26.3. The Morgan fingerprint density at radius 3 is 2.48 bits per heavy atom. The first-order valence-electron chi connectivity index (χ1n) is 9.48. The molecule has 0 N–H and O–H groups in total. The lowest BCUT2D eigenvalue weighted by molar-refractivity contribution is -0.137. The fourth-order valence-electron chi connectivity index (χ4n) is 4.36. The van der Waals surface area contributed by atoms with E-state index in [2.05, 4.69) is 4.90 Å². The summed E-state index contributed by atoms with van der Waals surface area (Å²) >= 11 is 0. The van der Waals surface area contributed by atoms with Crippen LogP contribution in [-0.4, -0.2) is 84.7 Å². The van der Waals surface area contributed by atoms with Crippen LogP contribution in [0.1, 0.15) is 29.3 Å². The number of sulfone groups is 1. The maximum absolute atomic E-state index is 12.9. The van der Waals surface area contributed by atoms with E-state index < -0.39 is 15.9 Å². The van der Waals surface area contributed by atoms with Crippen LogP contribution in [0.5, 0.6) is 0 Å². The quantitative estimate of drug-likeness (QED) is 0.744. The minimum absolute atomic E-state index is 0.0325. The summed E-state index contributed by atoms with van der Waals surface area (Å²) in [4.78, 5) is 31.2. The zero-order valence-electron chi connectivity index (χ0n) is 15.5. The van der Waals surface area contributed by atoms with Gasteiger partial charge in [0.1, 0.15) is 6.04 Å². The molecular formula is C19H25N3O4S. The number of hydrogen-bond acceptors (Lipinski definition) is 5. The Hall–Kier alpha value is -1.93. The smallest absolute Gasteiger partial charge is 0.255 e. The lowest BCUT2D eigenvalue weighted by Crippen LogP contribution is -2.56. The predicted molar refractivity (Wildman–Crippen MR) is 101 cm³/mol. The molecule has 2 atom stereocenters. The number of nitrogens with zero attached hydrogens (tertiary/aromatic N) is 3. The van der Waals surface area contributed by atoms with Crippen LogP contribution >= 0.6 is 0 Å². The first kappa shape index (κ1) is 18.4. The third kappa shape index (κ3) is 3.48. The van der Waals surface area contributed by atoms with Crippen molar-refractivity contribution in [3.8, 4) is 0 Å². The molecule has 0 radical (unpaired) electrons. The molecule has 0 aliphatic carbocycles. The summed E-state index contributed by atoms with van der Waals surface area (Å²) in [5.74, 6) is 0.389. The molecule has 146 valence electrons. The third-order valence-corrected chi connectivity index (χ3v) is 7.78. The van der Waals surface area contributed by atoms with Gasteiger partial charge in [0.05, 0.1) is 11.5 Å². The predicted octanol–water partition coefficient (Wildman–Crippen LogP) is 0.362. The van der Waals surface area contributed by atoms with E-state index in [9.17, 15) is 18.0 Å². The molecule has 1 aromatic carbocycles. The zero-order chi connectivity index (χ0) is 19.2. The molecule has 0 unspecified atom stereocenters. The lowest BCUT2D eigenvalue weighted by atomic mass is 10.1. The molecule has 27 heavy (non-hydrogen) atoms. The van der Waals surface area contributed by atoms with Gasteiger partial charge in [-0.05, 0) is 25.0 Å². The van der Waals surface area contributed by atoms with Gasteiger partial charge in [0, 0.05) is 44.3 Å². The van der Waals surface area contributed by atoms with E-state index in [1.54, 1.807) is 16.7 Å². The maximum atomic E-state index is 12.9. The number of amides is 2. The lowest BCUT2D eigenvalue weighted by Gasteiger charge is -2.39. The zero-order valence-corrected chi connectivity index (χ0v) is 16.3. The third-order valence-electron chi connectivity index (χ3n) is 6.02. The van der Waals surface area contributed by atoms with Crippen LogP contribution in [0.4, 0.5) is 0 Å². The molecular weight excluding hydrogens is 366 g/mol. The van der Waals surface area contributed by atoms with E-state index in [1.807, 2.05) is 24.3 Å². The van der Waals surface area contributed by atoms with E-state index in [-0.39, 0.29) is 29.4 Å². The molecule has 3 heterocycles. The van der Waals surface area contributed by atoms with Crippen molar-refractivity contribution in [3.05, 3.63) is 35.4 Å². The van der Waals surface area contributed by atoms with E-state index in [4.69, 9.17) is 0 Å². The summed E-state index contributed by atoms with van der Waals surface area (Å²) in [6, 6.07) is 7.07. The van der Waals surface area contributed by atoms with Crippen molar-refractivity contribution in [1.82, 2.24) is 14.7 Å². The molecule has 4 rings (SSSR count). The second kappa shape index (κ2) is 6.91. The van der Waals surface area contributed by atoms with Crippen LogP contribution in [0, 0.1) is 0 Å². The molecule has 3 aliphatic heterocycles. The summed E-state index contributed by atoms with van der Waals surface area (Å²) in [5, 5.41) is 0. The Balaban J connectivity index is 1.35. The summed E-state index contributed by atoms with van der Waals surface area (Å²) in [6.07, 6.45) is 0.688. The van der Waals surface area contributed by atoms with E-state index >= 15 is 0 Å². The summed E-state index contributed by atoms with van der Waals surface area (Å²) in [5.41, 5.74) is 1.65. The van der Waals surface area contributed by atoms with Gasteiger partial charge in [0.25, 0.3) is 5.91 Å². The molecule has 8 heteroatoms. The standard InChI is InChI=1S/C19H25N3O4S/c1-14(22-12-15-4-2-3-5-17(15)19(22)24)18(23)21-9-7-20(8-10-21)16-6-11-27(25,26)13-16/h2-5,14,16H,6-13H2,1H3/t14-,16-/m0/s1. The van der Waals surface area contributed by atoms with Crippen molar-refractivity contribution in [3.63, 3.8) is 0 Å². The molecule has 3 aliphatic rings. The van der Waals surface area contributed by atoms with Crippen molar-refractivity contribution in [2.24, 2.45) is 0 Å². The van der Waals surface area contributed by atoms with Crippen LogP contribution in [-0.2, 0) is 21.2 Å². The van der Waals surface area contributed by atoms with Crippen molar-refractivity contribution in [2.45, 2.75) is 32.0 Å². The van der Waals surface area contributed by atoms with Crippen molar-refractivity contribution in [1.29, 1.82) is 0 Å². The molecule has 2 saturated heterocycles. The van der Waals surface area contributed by atoms with Gasteiger partial charge >= 0.3 is 0 Å². The van der Waals surface area contributed by atoms with Gasteiger partial charge in [-0.15, -0.1) is 0 Å². The fourth-order valence-corrected chi connectivity index (χ4v) is 6.12. The van der Waals surface area contributed by atoms with Crippen LogP contribution in [0.25, 0.3) is 0 Å². The van der Waals surface area contributed by atoms with Crippen LogP contribution in [0.3, 0.4) is 0 Å². The molecule has 2 amide bonds. The second-order valence-corrected chi connectivity index (χ2v) is 9.91. The first-order chi connectivity index (χ1) is 12.9. The van der Waals surface area contributed by atoms with E-state index in [0.29, 0.717) is 44.7 Å². The minimum atomic E-state index is -2.90.